The van der Waals surface area contributed by atoms with Gasteiger partial charge in [-0.25, -0.2) is 9.97 Å². The lowest BCUT2D eigenvalue weighted by atomic mass is 10.2. The van der Waals surface area contributed by atoms with Crippen LogP contribution in [0.4, 0.5) is 0 Å². The van der Waals surface area contributed by atoms with E-state index in [2.05, 4.69) is 9.97 Å². The molecule has 0 unspecified atom stereocenters. The summed E-state index contributed by atoms with van der Waals surface area (Å²) in [5.74, 6) is 0.383. The molecule has 1 aliphatic rings. The SMILES string of the molecule is O=C1COc2ncc(CO)nc2C1. The van der Waals surface area contributed by atoms with Crippen molar-refractivity contribution in [3.63, 3.8) is 0 Å². The number of carbonyl (C=O) groups excluding carboxylic acids is 1. The fourth-order valence-corrected chi connectivity index (χ4v) is 1.16. The maximum atomic E-state index is 11.0. The van der Waals surface area contributed by atoms with E-state index in [0.717, 1.165) is 0 Å². The third-order valence-electron chi connectivity index (χ3n) is 1.75. The van der Waals surface area contributed by atoms with Crippen LogP contribution in [0.25, 0.3) is 0 Å². The van der Waals surface area contributed by atoms with Gasteiger partial charge in [0.05, 0.1) is 24.9 Å². The molecule has 1 N–H and O–H groups in total. The van der Waals surface area contributed by atoms with Crippen LogP contribution in [0.2, 0.25) is 0 Å². The van der Waals surface area contributed by atoms with Gasteiger partial charge in [-0.15, -0.1) is 0 Å². The van der Waals surface area contributed by atoms with Gasteiger partial charge in [0.2, 0.25) is 5.88 Å². The van der Waals surface area contributed by atoms with Crippen molar-refractivity contribution in [2.45, 2.75) is 13.0 Å². The number of rotatable bonds is 1. The molecule has 0 radical (unpaired) electrons. The van der Waals surface area contributed by atoms with E-state index in [9.17, 15) is 4.79 Å². The molecule has 68 valence electrons. The molecule has 0 aromatic carbocycles. The average Bonchev–Trinajstić information content (AvgIpc) is 2.16. The normalized spacial score (nSPS) is 15.0. The highest BCUT2D eigenvalue weighted by Crippen LogP contribution is 2.17. The second-order valence-electron chi connectivity index (χ2n) is 2.78. The number of ether oxygens (including phenoxy) is 1. The standard InChI is InChI=1S/C8H8N2O3/c11-3-5-2-9-8-7(10-5)1-6(12)4-13-8/h2,11H,1,3-4H2. The molecule has 0 atom stereocenters. The summed E-state index contributed by atoms with van der Waals surface area (Å²) >= 11 is 0. The van der Waals surface area contributed by atoms with E-state index >= 15 is 0 Å². The Morgan fingerprint density at radius 1 is 1.62 bits per heavy atom. The molecule has 1 aromatic heterocycles. The number of nitrogens with zero attached hydrogens (tertiary/aromatic N) is 2. The quantitative estimate of drug-likeness (QED) is 0.629. The summed E-state index contributed by atoms with van der Waals surface area (Å²) in [6.07, 6.45) is 1.69. The zero-order valence-electron chi connectivity index (χ0n) is 6.86. The van der Waals surface area contributed by atoms with Crippen molar-refractivity contribution in [3.8, 4) is 5.88 Å². The van der Waals surface area contributed by atoms with Gasteiger partial charge < -0.3 is 9.84 Å². The van der Waals surface area contributed by atoms with Crippen molar-refractivity contribution in [3.05, 3.63) is 17.6 Å². The predicted molar refractivity (Wildman–Crippen MR) is 42.2 cm³/mol. The molecule has 0 spiro atoms. The first-order valence-corrected chi connectivity index (χ1v) is 3.90. The molecule has 5 nitrogen and oxygen atoms in total. The lowest BCUT2D eigenvalue weighted by Crippen LogP contribution is -2.22. The van der Waals surface area contributed by atoms with E-state index in [4.69, 9.17) is 9.84 Å². The summed E-state index contributed by atoms with van der Waals surface area (Å²) in [4.78, 5) is 18.9. The number of ketones is 1. The highest BCUT2D eigenvalue weighted by molar-refractivity contribution is 5.83. The number of carbonyl (C=O) groups is 1. The molecule has 0 bridgehead atoms. The van der Waals surface area contributed by atoms with E-state index in [0.29, 0.717) is 17.3 Å². The van der Waals surface area contributed by atoms with Gasteiger partial charge >= 0.3 is 0 Å². The summed E-state index contributed by atoms with van der Waals surface area (Å²) < 4.78 is 5.03. The highest BCUT2D eigenvalue weighted by atomic mass is 16.5. The van der Waals surface area contributed by atoms with Crippen LogP contribution < -0.4 is 4.74 Å². The second kappa shape index (κ2) is 3.10. The van der Waals surface area contributed by atoms with Gasteiger partial charge in [-0.2, -0.15) is 0 Å². The van der Waals surface area contributed by atoms with Crippen molar-refractivity contribution in [1.29, 1.82) is 0 Å². The number of aliphatic hydroxyl groups is 1. The van der Waals surface area contributed by atoms with Gasteiger partial charge in [-0.05, 0) is 0 Å². The van der Waals surface area contributed by atoms with Crippen LogP contribution in [0.5, 0.6) is 5.88 Å². The topological polar surface area (TPSA) is 72.3 Å². The van der Waals surface area contributed by atoms with Gasteiger partial charge in [0.15, 0.2) is 5.78 Å². The van der Waals surface area contributed by atoms with Gasteiger partial charge in [-0.3, -0.25) is 4.79 Å². The first kappa shape index (κ1) is 8.12. The first-order valence-electron chi connectivity index (χ1n) is 3.90. The molecule has 0 aliphatic carbocycles. The second-order valence-corrected chi connectivity index (χ2v) is 2.78. The Bertz CT molecular complexity index is 351. The number of aliphatic hydroxyl groups excluding tert-OH is 1. The number of aromatic nitrogens is 2. The molecule has 0 amide bonds. The van der Waals surface area contributed by atoms with Crippen LogP contribution in [0.15, 0.2) is 6.20 Å². The minimum atomic E-state index is -0.172. The summed E-state index contributed by atoms with van der Waals surface area (Å²) in [7, 11) is 0. The molecule has 13 heavy (non-hydrogen) atoms. The Balaban J connectivity index is 2.38. The smallest absolute Gasteiger partial charge is 0.236 e. The Morgan fingerprint density at radius 2 is 2.46 bits per heavy atom. The molecule has 0 saturated carbocycles. The van der Waals surface area contributed by atoms with Crippen LogP contribution in [-0.2, 0) is 17.8 Å². The monoisotopic (exact) mass is 180 g/mol. The third kappa shape index (κ3) is 1.50. The molecule has 5 heteroatoms. The Morgan fingerprint density at radius 3 is 3.23 bits per heavy atom. The average molecular weight is 180 g/mol. The van der Waals surface area contributed by atoms with Crippen molar-refractivity contribution in [2.24, 2.45) is 0 Å². The largest absolute Gasteiger partial charge is 0.468 e. The van der Waals surface area contributed by atoms with E-state index in [1.54, 1.807) is 0 Å². The zero-order valence-corrected chi connectivity index (χ0v) is 6.86. The van der Waals surface area contributed by atoms with Crippen molar-refractivity contribution >= 4 is 5.78 Å². The van der Waals surface area contributed by atoms with E-state index in [1.165, 1.54) is 6.20 Å². The Hall–Kier alpha value is -1.49. The van der Waals surface area contributed by atoms with Crippen LogP contribution >= 0.6 is 0 Å². The third-order valence-corrected chi connectivity index (χ3v) is 1.75. The summed E-state index contributed by atoms with van der Waals surface area (Å²) in [5.41, 5.74) is 0.972. The fourth-order valence-electron chi connectivity index (χ4n) is 1.16. The summed E-state index contributed by atoms with van der Waals surface area (Å²) in [6.45, 7) is -0.103. The van der Waals surface area contributed by atoms with Crippen molar-refractivity contribution in [2.75, 3.05) is 6.61 Å². The number of hydrogen-bond acceptors (Lipinski definition) is 5. The summed E-state index contributed by atoms with van der Waals surface area (Å²) in [5, 5.41) is 8.78. The minimum Gasteiger partial charge on any atom is -0.468 e. The number of hydrogen-bond donors (Lipinski definition) is 1. The lowest BCUT2D eigenvalue weighted by molar-refractivity contribution is -0.121. The Kier molecular flexibility index (Phi) is 1.94. The van der Waals surface area contributed by atoms with E-state index in [-0.39, 0.29) is 25.4 Å². The van der Waals surface area contributed by atoms with Crippen molar-refractivity contribution in [1.82, 2.24) is 9.97 Å². The molecule has 1 aliphatic heterocycles. The van der Waals surface area contributed by atoms with Gasteiger partial charge in [0, 0.05) is 0 Å². The van der Waals surface area contributed by atoms with Gasteiger partial charge in [0.1, 0.15) is 12.3 Å². The zero-order chi connectivity index (χ0) is 9.26. The Labute approximate surface area is 74.4 Å². The molecule has 2 heterocycles. The van der Waals surface area contributed by atoms with Crippen LogP contribution in [0.3, 0.4) is 0 Å². The van der Waals surface area contributed by atoms with Crippen LogP contribution in [-0.4, -0.2) is 27.5 Å². The van der Waals surface area contributed by atoms with Gasteiger partial charge in [0.25, 0.3) is 0 Å². The maximum absolute atomic E-state index is 11.0. The van der Waals surface area contributed by atoms with Crippen LogP contribution in [0.1, 0.15) is 11.4 Å². The van der Waals surface area contributed by atoms with Crippen LogP contribution in [0, 0.1) is 0 Å². The highest BCUT2D eigenvalue weighted by Gasteiger charge is 2.19. The molecule has 0 fully saturated rings. The molecule has 1 aromatic rings. The van der Waals surface area contributed by atoms with Crippen molar-refractivity contribution < 1.29 is 14.6 Å². The predicted octanol–water partition coefficient (Wildman–Crippen LogP) is -0.527. The lowest BCUT2D eigenvalue weighted by Gasteiger charge is -2.14. The fraction of sp³-hybridized carbons (Fsp3) is 0.375. The molecule has 2 rings (SSSR count). The molecule has 0 saturated heterocycles. The molecular weight excluding hydrogens is 172 g/mol. The van der Waals surface area contributed by atoms with E-state index < -0.39 is 0 Å². The first-order chi connectivity index (χ1) is 6.29. The van der Waals surface area contributed by atoms with Gasteiger partial charge in [-0.1, -0.05) is 0 Å². The molecular formula is C8H8N2O3. The summed E-state index contributed by atoms with van der Waals surface area (Å²) in [6, 6.07) is 0. The number of Topliss-reactive ketones (excluding diaryl/α,β-unsaturated/α-hetero) is 1. The maximum Gasteiger partial charge on any atom is 0.236 e. The number of fused-ring (bicyclic) bond motifs is 1. The minimum absolute atomic E-state index is 0.0168. The van der Waals surface area contributed by atoms with E-state index in [1.807, 2.05) is 0 Å².